The number of hydrogen-bond acceptors (Lipinski definition) is 2. The van der Waals surface area contributed by atoms with Crippen LogP contribution in [0.3, 0.4) is 0 Å². The monoisotopic (exact) mass is 240 g/mol. The van der Waals surface area contributed by atoms with Gasteiger partial charge in [0.25, 0.3) is 0 Å². The van der Waals surface area contributed by atoms with Gasteiger partial charge in [-0.15, -0.1) is 0 Å². The lowest BCUT2D eigenvalue weighted by atomic mass is 9.90. The van der Waals surface area contributed by atoms with Crippen LogP contribution in [0, 0.1) is 6.92 Å². The zero-order valence-electron chi connectivity index (χ0n) is 10.6. The second kappa shape index (κ2) is 5.50. The average Bonchev–Trinajstić information content (AvgIpc) is 2.40. The molecule has 0 saturated heterocycles. The van der Waals surface area contributed by atoms with Crippen molar-refractivity contribution >= 4 is 5.97 Å². The molecular weight excluding hydrogens is 224 g/mol. The Balaban J connectivity index is 2.47. The van der Waals surface area contributed by atoms with Crippen LogP contribution in [0.1, 0.15) is 22.6 Å². The minimum absolute atomic E-state index is 0.230. The Morgan fingerprint density at radius 2 is 1.67 bits per heavy atom. The molecule has 2 aromatic carbocycles. The molecule has 0 amide bonds. The molecule has 0 heterocycles. The van der Waals surface area contributed by atoms with Crippen LogP contribution in [0.25, 0.3) is 0 Å². The van der Waals surface area contributed by atoms with Crippen molar-refractivity contribution in [1.82, 2.24) is 0 Å². The van der Waals surface area contributed by atoms with E-state index in [2.05, 4.69) is 0 Å². The largest absolute Gasteiger partial charge is 0.468 e. The lowest BCUT2D eigenvalue weighted by Crippen LogP contribution is -2.15. The summed E-state index contributed by atoms with van der Waals surface area (Å²) in [6, 6.07) is 17.7. The van der Waals surface area contributed by atoms with Gasteiger partial charge in [-0.2, -0.15) is 0 Å². The summed E-state index contributed by atoms with van der Waals surface area (Å²) >= 11 is 0. The van der Waals surface area contributed by atoms with Crippen molar-refractivity contribution in [2.45, 2.75) is 12.8 Å². The molecule has 0 aliphatic carbocycles. The van der Waals surface area contributed by atoms with Gasteiger partial charge in [0.15, 0.2) is 0 Å². The number of aryl methyl sites for hydroxylation is 1. The normalized spacial score (nSPS) is 11.9. The number of esters is 1. The first-order valence-corrected chi connectivity index (χ1v) is 5.91. The van der Waals surface area contributed by atoms with Crippen LogP contribution in [-0.4, -0.2) is 13.1 Å². The van der Waals surface area contributed by atoms with Crippen LogP contribution in [0.2, 0.25) is 0 Å². The number of carbonyl (C=O) groups excluding carboxylic acids is 1. The summed E-state index contributed by atoms with van der Waals surface area (Å²) < 4.78 is 4.92. The first-order valence-electron chi connectivity index (χ1n) is 5.91. The SMILES string of the molecule is COC(=O)C(c1ccccc1)c1cccc(C)c1. The van der Waals surface area contributed by atoms with E-state index in [1.54, 1.807) is 0 Å². The van der Waals surface area contributed by atoms with Gasteiger partial charge in [-0.25, -0.2) is 0 Å². The van der Waals surface area contributed by atoms with Gasteiger partial charge in [-0.3, -0.25) is 4.79 Å². The number of rotatable bonds is 3. The highest BCUT2D eigenvalue weighted by molar-refractivity contribution is 5.82. The topological polar surface area (TPSA) is 26.3 Å². The predicted molar refractivity (Wildman–Crippen MR) is 71.5 cm³/mol. The quantitative estimate of drug-likeness (QED) is 0.769. The lowest BCUT2D eigenvalue weighted by Gasteiger charge is -2.16. The molecule has 2 heteroatoms. The third-order valence-electron chi connectivity index (χ3n) is 2.95. The van der Waals surface area contributed by atoms with E-state index in [1.807, 2.05) is 61.5 Å². The molecule has 0 N–H and O–H groups in total. The van der Waals surface area contributed by atoms with Gasteiger partial charge in [-0.1, -0.05) is 60.2 Å². The van der Waals surface area contributed by atoms with Crippen LogP contribution in [0.15, 0.2) is 54.6 Å². The summed E-state index contributed by atoms with van der Waals surface area (Å²) in [5.41, 5.74) is 3.06. The second-order valence-corrected chi connectivity index (χ2v) is 4.28. The van der Waals surface area contributed by atoms with Crippen molar-refractivity contribution in [3.63, 3.8) is 0 Å². The average molecular weight is 240 g/mol. The van der Waals surface area contributed by atoms with E-state index in [9.17, 15) is 4.79 Å². The Bertz CT molecular complexity index is 532. The molecule has 0 aromatic heterocycles. The fourth-order valence-electron chi connectivity index (χ4n) is 2.08. The van der Waals surface area contributed by atoms with Crippen LogP contribution in [0.4, 0.5) is 0 Å². The highest BCUT2D eigenvalue weighted by atomic mass is 16.5. The van der Waals surface area contributed by atoms with Crippen LogP contribution < -0.4 is 0 Å². The molecule has 1 unspecified atom stereocenters. The number of hydrogen-bond donors (Lipinski definition) is 0. The maximum absolute atomic E-state index is 12.0. The molecule has 0 radical (unpaired) electrons. The van der Waals surface area contributed by atoms with E-state index in [4.69, 9.17) is 4.74 Å². The van der Waals surface area contributed by atoms with Gasteiger partial charge in [0.2, 0.25) is 0 Å². The molecule has 0 aliphatic rings. The molecule has 2 nitrogen and oxygen atoms in total. The Labute approximate surface area is 107 Å². The maximum atomic E-state index is 12.0. The molecule has 92 valence electrons. The minimum Gasteiger partial charge on any atom is -0.468 e. The van der Waals surface area contributed by atoms with Gasteiger partial charge >= 0.3 is 5.97 Å². The van der Waals surface area contributed by atoms with Crippen molar-refractivity contribution in [2.24, 2.45) is 0 Å². The number of ether oxygens (including phenoxy) is 1. The Morgan fingerprint density at radius 3 is 2.28 bits per heavy atom. The molecule has 0 saturated carbocycles. The highest BCUT2D eigenvalue weighted by Gasteiger charge is 2.23. The molecule has 0 fully saturated rings. The molecule has 1 atom stereocenters. The third-order valence-corrected chi connectivity index (χ3v) is 2.95. The molecule has 0 spiro atoms. The van der Waals surface area contributed by atoms with E-state index in [1.165, 1.54) is 7.11 Å². The lowest BCUT2D eigenvalue weighted by molar-refractivity contribution is -0.141. The fraction of sp³-hybridized carbons (Fsp3) is 0.188. The standard InChI is InChI=1S/C16H16O2/c1-12-7-6-10-14(11-12)15(16(17)18-2)13-8-4-3-5-9-13/h3-11,15H,1-2H3. The summed E-state index contributed by atoms with van der Waals surface area (Å²) in [7, 11) is 1.42. The summed E-state index contributed by atoms with van der Waals surface area (Å²) in [5.74, 6) is -0.581. The Morgan fingerprint density at radius 1 is 1.00 bits per heavy atom. The number of benzene rings is 2. The molecule has 0 aliphatic heterocycles. The van der Waals surface area contributed by atoms with Crippen LogP contribution in [-0.2, 0) is 9.53 Å². The molecule has 2 aromatic rings. The van der Waals surface area contributed by atoms with E-state index in [-0.39, 0.29) is 11.9 Å². The first kappa shape index (κ1) is 12.4. The first-order chi connectivity index (χ1) is 8.72. The fourth-order valence-corrected chi connectivity index (χ4v) is 2.08. The highest BCUT2D eigenvalue weighted by Crippen LogP contribution is 2.26. The van der Waals surface area contributed by atoms with Crippen LogP contribution in [0.5, 0.6) is 0 Å². The second-order valence-electron chi connectivity index (χ2n) is 4.28. The minimum atomic E-state index is -0.351. The van der Waals surface area contributed by atoms with Crippen molar-refractivity contribution in [2.75, 3.05) is 7.11 Å². The number of methoxy groups -OCH3 is 1. The van der Waals surface area contributed by atoms with Gasteiger partial charge in [0.1, 0.15) is 5.92 Å². The number of carbonyl (C=O) groups is 1. The summed E-state index contributed by atoms with van der Waals surface area (Å²) in [5, 5.41) is 0. The van der Waals surface area contributed by atoms with Crippen molar-refractivity contribution < 1.29 is 9.53 Å². The van der Waals surface area contributed by atoms with E-state index < -0.39 is 0 Å². The maximum Gasteiger partial charge on any atom is 0.317 e. The third kappa shape index (κ3) is 2.59. The van der Waals surface area contributed by atoms with Crippen molar-refractivity contribution in [3.05, 3.63) is 71.3 Å². The molecule has 0 bridgehead atoms. The van der Waals surface area contributed by atoms with Crippen molar-refractivity contribution in [1.29, 1.82) is 0 Å². The van der Waals surface area contributed by atoms with Gasteiger partial charge in [-0.05, 0) is 18.1 Å². The molecule has 2 rings (SSSR count). The van der Waals surface area contributed by atoms with E-state index >= 15 is 0 Å². The van der Waals surface area contributed by atoms with Gasteiger partial charge in [0.05, 0.1) is 7.11 Å². The Kier molecular flexibility index (Phi) is 3.78. The van der Waals surface area contributed by atoms with E-state index in [0.717, 1.165) is 16.7 Å². The molecule has 18 heavy (non-hydrogen) atoms. The van der Waals surface area contributed by atoms with Crippen LogP contribution >= 0.6 is 0 Å². The zero-order valence-corrected chi connectivity index (χ0v) is 10.6. The van der Waals surface area contributed by atoms with Gasteiger partial charge in [0, 0.05) is 0 Å². The Hall–Kier alpha value is -2.09. The smallest absolute Gasteiger partial charge is 0.317 e. The predicted octanol–water partition coefficient (Wildman–Crippen LogP) is 3.30. The summed E-state index contributed by atoms with van der Waals surface area (Å²) in [6.45, 7) is 2.02. The van der Waals surface area contributed by atoms with E-state index in [0.29, 0.717) is 0 Å². The van der Waals surface area contributed by atoms with Crippen molar-refractivity contribution in [3.8, 4) is 0 Å². The summed E-state index contributed by atoms with van der Waals surface area (Å²) in [6.07, 6.45) is 0. The molecular formula is C16H16O2. The summed E-state index contributed by atoms with van der Waals surface area (Å²) in [4.78, 5) is 12.0. The zero-order chi connectivity index (χ0) is 13.0. The van der Waals surface area contributed by atoms with Gasteiger partial charge < -0.3 is 4.74 Å².